The third-order valence-electron chi connectivity index (χ3n) is 4.99. The molecule has 1 amide bonds. The number of piperidine rings is 1. The molecule has 2 aliphatic rings. The van der Waals surface area contributed by atoms with Crippen LogP contribution in [-0.4, -0.2) is 32.3 Å². The van der Waals surface area contributed by atoms with Gasteiger partial charge in [0, 0.05) is 30.9 Å². The summed E-state index contributed by atoms with van der Waals surface area (Å²) in [7, 11) is 0. The maximum absolute atomic E-state index is 12.3. The highest BCUT2D eigenvalue weighted by atomic mass is 16.7. The molecule has 0 atom stereocenters. The van der Waals surface area contributed by atoms with E-state index in [0.29, 0.717) is 23.6 Å². The van der Waals surface area contributed by atoms with Crippen LogP contribution in [0.15, 0.2) is 42.5 Å². The predicted octanol–water partition coefficient (Wildman–Crippen LogP) is 3.38. The number of benzene rings is 2. The van der Waals surface area contributed by atoms with Gasteiger partial charge in [-0.25, -0.2) is 0 Å². The number of carbonyl (C=O) groups is 1. The van der Waals surface area contributed by atoms with Gasteiger partial charge in [0.2, 0.25) is 6.79 Å². The quantitative estimate of drug-likeness (QED) is 0.896. The molecular formula is C21H24N2O3. The van der Waals surface area contributed by atoms with Crippen molar-refractivity contribution in [3.63, 3.8) is 0 Å². The van der Waals surface area contributed by atoms with Gasteiger partial charge in [-0.05, 0) is 61.6 Å². The Balaban J connectivity index is 1.28. The molecule has 0 radical (unpaired) electrons. The van der Waals surface area contributed by atoms with Gasteiger partial charge in [0.15, 0.2) is 11.5 Å². The van der Waals surface area contributed by atoms with E-state index in [9.17, 15) is 4.79 Å². The normalized spacial score (nSPS) is 15.8. The molecule has 2 aromatic carbocycles. The zero-order chi connectivity index (χ0) is 17.8. The number of rotatable bonds is 5. The summed E-state index contributed by atoms with van der Waals surface area (Å²) in [6.45, 7) is 3.14. The van der Waals surface area contributed by atoms with Crippen LogP contribution in [0.2, 0.25) is 0 Å². The van der Waals surface area contributed by atoms with Crippen molar-refractivity contribution in [2.24, 2.45) is 0 Å². The first-order chi connectivity index (χ1) is 12.8. The minimum atomic E-state index is -0.0896. The second-order valence-electron chi connectivity index (χ2n) is 6.79. The van der Waals surface area contributed by atoms with E-state index in [1.54, 1.807) is 18.2 Å². The number of nitrogens with one attached hydrogen (secondary N) is 1. The first kappa shape index (κ1) is 16.8. The number of amides is 1. The fraction of sp³-hybridized carbons (Fsp3) is 0.381. The van der Waals surface area contributed by atoms with Crippen LogP contribution in [-0.2, 0) is 6.42 Å². The van der Waals surface area contributed by atoms with Gasteiger partial charge in [-0.3, -0.25) is 4.79 Å². The molecule has 0 saturated carbocycles. The molecule has 0 aromatic heterocycles. The number of carbonyl (C=O) groups excluding carboxylic acids is 1. The molecule has 0 unspecified atom stereocenters. The highest BCUT2D eigenvalue weighted by Gasteiger charge is 2.16. The lowest BCUT2D eigenvalue weighted by Gasteiger charge is -2.28. The summed E-state index contributed by atoms with van der Waals surface area (Å²) < 4.78 is 10.6. The fourth-order valence-electron chi connectivity index (χ4n) is 3.49. The first-order valence-electron chi connectivity index (χ1n) is 9.31. The molecule has 5 nitrogen and oxygen atoms in total. The average Bonchev–Trinajstić information content (AvgIpc) is 3.17. The number of hydrogen-bond donors (Lipinski definition) is 1. The maximum Gasteiger partial charge on any atom is 0.251 e. The SMILES string of the molecule is O=C(NCCc1ccc(N2CCCCC2)cc1)c1ccc2c(c1)OCO2. The van der Waals surface area contributed by atoms with Gasteiger partial charge in [-0.15, -0.1) is 0 Å². The van der Waals surface area contributed by atoms with Crippen molar-refractivity contribution in [2.45, 2.75) is 25.7 Å². The standard InChI is InChI=1S/C21H24N2O3/c24-21(17-6-9-19-20(14-17)26-15-25-19)22-11-10-16-4-7-18(8-5-16)23-12-2-1-3-13-23/h4-9,14H,1-3,10-13,15H2,(H,22,24). The van der Waals surface area contributed by atoms with Crippen LogP contribution in [0, 0.1) is 0 Å². The van der Waals surface area contributed by atoms with Gasteiger partial charge < -0.3 is 19.7 Å². The Morgan fingerprint density at radius 3 is 2.54 bits per heavy atom. The third-order valence-corrected chi connectivity index (χ3v) is 4.99. The Morgan fingerprint density at radius 2 is 1.73 bits per heavy atom. The smallest absolute Gasteiger partial charge is 0.251 e. The van der Waals surface area contributed by atoms with Crippen molar-refractivity contribution in [2.75, 3.05) is 31.3 Å². The summed E-state index contributed by atoms with van der Waals surface area (Å²) in [4.78, 5) is 14.7. The van der Waals surface area contributed by atoms with Gasteiger partial charge in [0.1, 0.15) is 0 Å². The van der Waals surface area contributed by atoms with Gasteiger partial charge in [-0.2, -0.15) is 0 Å². The molecule has 1 N–H and O–H groups in total. The Bertz CT molecular complexity index is 767. The van der Waals surface area contributed by atoms with Crippen LogP contribution < -0.4 is 19.7 Å². The molecule has 1 fully saturated rings. The summed E-state index contributed by atoms with van der Waals surface area (Å²) in [5.74, 6) is 1.23. The van der Waals surface area contributed by atoms with Gasteiger partial charge in [0.25, 0.3) is 5.91 Å². The highest BCUT2D eigenvalue weighted by Crippen LogP contribution is 2.32. The van der Waals surface area contributed by atoms with Crippen molar-refractivity contribution in [3.05, 3.63) is 53.6 Å². The van der Waals surface area contributed by atoms with Crippen LogP contribution in [0.1, 0.15) is 35.2 Å². The second-order valence-corrected chi connectivity index (χ2v) is 6.79. The van der Waals surface area contributed by atoms with Gasteiger partial charge in [-0.1, -0.05) is 12.1 Å². The lowest BCUT2D eigenvalue weighted by Crippen LogP contribution is -2.29. The first-order valence-corrected chi connectivity index (χ1v) is 9.31. The Kier molecular flexibility index (Phi) is 4.95. The number of hydrogen-bond acceptors (Lipinski definition) is 4. The average molecular weight is 352 g/mol. The molecule has 0 spiro atoms. The highest BCUT2D eigenvalue weighted by molar-refractivity contribution is 5.94. The van der Waals surface area contributed by atoms with Crippen LogP contribution in [0.4, 0.5) is 5.69 Å². The summed E-state index contributed by atoms with van der Waals surface area (Å²) in [5, 5.41) is 2.97. The third kappa shape index (κ3) is 3.77. The monoisotopic (exact) mass is 352 g/mol. The molecule has 2 heterocycles. The van der Waals surface area contributed by atoms with E-state index < -0.39 is 0 Å². The van der Waals surface area contributed by atoms with Crippen LogP contribution in [0.25, 0.3) is 0 Å². The fourth-order valence-corrected chi connectivity index (χ4v) is 3.49. The summed E-state index contributed by atoms with van der Waals surface area (Å²) in [6.07, 6.45) is 4.73. The Morgan fingerprint density at radius 1 is 0.962 bits per heavy atom. The van der Waals surface area contributed by atoms with Crippen LogP contribution in [0.5, 0.6) is 11.5 Å². The predicted molar refractivity (Wildman–Crippen MR) is 101 cm³/mol. The van der Waals surface area contributed by atoms with E-state index in [0.717, 1.165) is 19.5 Å². The second kappa shape index (κ2) is 7.68. The summed E-state index contributed by atoms with van der Waals surface area (Å²) in [6, 6.07) is 14.0. The molecule has 0 aliphatic carbocycles. The zero-order valence-corrected chi connectivity index (χ0v) is 14.9. The van der Waals surface area contributed by atoms with Gasteiger partial charge in [0.05, 0.1) is 0 Å². The minimum absolute atomic E-state index is 0.0896. The molecule has 26 heavy (non-hydrogen) atoms. The minimum Gasteiger partial charge on any atom is -0.454 e. The maximum atomic E-state index is 12.3. The van der Waals surface area contributed by atoms with Crippen molar-refractivity contribution in [1.29, 1.82) is 0 Å². The van der Waals surface area contributed by atoms with E-state index in [4.69, 9.17) is 9.47 Å². The molecule has 2 aromatic rings. The Labute approximate surface area is 153 Å². The molecule has 4 rings (SSSR count). The van der Waals surface area contributed by atoms with Crippen molar-refractivity contribution in [3.8, 4) is 11.5 Å². The largest absolute Gasteiger partial charge is 0.454 e. The Hall–Kier alpha value is -2.69. The molecule has 1 saturated heterocycles. The lowest BCUT2D eigenvalue weighted by molar-refractivity contribution is 0.0953. The number of fused-ring (bicyclic) bond motifs is 1. The molecule has 136 valence electrons. The van der Waals surface area contributed by atoms with Crippen LogP contribution in [0.3, 0.4) is 0 Å². The van der Waals surface area contributed by atoms with E-state index in [1.165, 1.54) is 30.5 Å². The molecular weight excluding hydrogens is 328 g/mol. The number of nitrogens with zero attached hydrogens (tertiary/aromatic N) is 1. The van der Waals surface area contributed by atoms with E-state index >= 15 is 0 Å². The summed E-state index contributed by atoms with van der Waals surface area (Å²) in [5.41, 5.74) is 3.13. The number of ether oxygens (including phenoxy) is 2. The molecule has 0 bridgehead atoms. The topological polar surface area (TPSA) is 50.8 Å². The lowest BCUT2D eigenvalue weighted by atomic mass is 10.1. The van der Waals surface area contributed by atoms with E-state index in [1.807, 2.05) is 0 Å². The van der Waals surface area contributed by atoms with Crippen molar-refractivity contribution < 1.29 is 14.3 Å². The molecule has 2 aliphatic heterocycles. The molecule has 5 heteroatoms. The van der Waals surface area contributed by atoms with E-state index in [2.05, 4.69) is 34.5 Å². The van der Waals surface area contributed by atoms with E-state index in [-0.39, 0.29) is 12.7 Å². The zero-order valence-electron chi connectivity index (χ0n) is 14.9. The van der Waals surface area contributed by atoms with Crippen LogP contribution >= 0.6 is 0 Å². The van der Waals surface area contributed by atoms with Crippen molar-refractivity contribution in [1.82, 2.24) is 5.32 Å². The van der Waals surface area contributed by atoms with Gasteiger partial charge >= 0.3 is 0 Å². The number of anilines is 1. The summed E-state index contributed by atoms with van der Waals surface area (Å²) >= 11 is 0. The van der Waals surface area contributed by atoms with Crippen molar-refractivity contribution >= 4 is 11.6 Å².